The summed E-state index contributed by atoms with van der Waals surface area (Å²) in [5.41, 5.74) is 5.37. The number of carbonyl (C=O) groups is 2. The van der Waals surface area contributed by atoms with Crippen molar-refractivity contribution in [3.63, 3.8) is 0 Å². The number of rotatable bonds is 55. The van der Waals surface area contributed by atoms with E-state index in [0.29, 0.717) is 12.8 Å². The summed E-state index contributed by atoms with van der Waals surface area (Å²) in [6.07, 6.45) is 77.9. The second kappa shape index (κ2) is 58.2. The summed E-state index contributed by atoms with van der Waals surface area (Å²) >= 11 is 0. The van der Waals surface area contributed by atoms with Gasteiger partial charge >= 0.3 is 19.8 Å². The molecule has 73 heavy (non-hydrogen) atoms. The lowest BCUT2D eigenvalue weighted by atomic mass is 10.0. The maximum Gasteiger partial charge on any atom is 0.472 e. The summed E-state index contributed by atoms with van der Waals surface area (Å²) in [5, 5.41) is 0. The number of esters is 2. The number of hydrogen-bond donors (Lipinski definition) is 2. The Balaban J connectivity index is 3.84. The molecule has 0 rings (SSSR count). The first-order chi connectivity index (χ1) is 35.8. The Morgan fingerprint density at radius 2 is 0.712 bits per heavy atom. The topological polar surface area (TPSA) is 134 Å². The lowest BCUT2D eigenvalue weighted by Crippen LogP contribution is -2.29. The van der Waals surface area contributed by atoms with E-state index in [-0.39, 0.29) is 32.6 Å². The number of phosphoric acid groups is 1. The lowest BCUT2D eigenvalue weighted by Gasteiger charge is -2.19. The molecule has 0 spiro atoms. The van der Waals surface area contributed by atoms with Crippen LogP contribution in [0.25, 0.3) is 0 Å². The van der Waals surface area contributed by atoms with E-state index < -0.39 is 32.5 Å². The molecule has 2 unspecified atom stereocenters. The fourth-order valence-electron chi connectivity index (χ4n) is 8.15. The molecule has 0 radical (unpaired) electrons. The minimum Gasteiger partial charge on any atom is -0.462 e. The molecule has 0 bridgehead atoms. The summed E-state index contributed by atoms with van der Waals surface area (Å²) in [6, 6.07) is 0. The van der Waals surface area contributed by atoms with Crippen molar-refractivity contribution in [2.45, 2.75) is 264 Å². The van der Waals surface area contributed by atoms with Crippen LogP contribution in [-0.4, -0.2) is 49.3 Å². The van der Waals surface area contributed by atoms with Crippen LogP contribution in [-0.2, 0) is 32.7 Å². The predicted molar refractivity (Wildman–Crippen MR) is 312 cm³/mol. The smallest absolute Gasteiger partial charge is 0.462 e. The Morgan fingerprint density at radius 1 is 0.411 bits per heavy atom. The Hall–Kier alpha value is -3.07. The minimum atomic E-state index is -4.40. The molecule has 10 heteroatoms. The first kappa shape index (κ1) is 69.9. The van der Waals surface area contributed by atoms with Crippen LogP contribution in [0.15, 0.2) is 97.2 Å². The van der Waals surface area contributed by atoms with Crippen molar-refractivity contribution in [1.82, 2.24) is 0 Å². The summed E-state index contributed by atoms with van der Waals surface area (Å²) < 4.78 is 32.9. The monoisotopic (exact) mass is 1040 g/mol. The van der Waals surface area contributed by atoms with E-state index in [0.717, 1.165) is 83.5 Å². The third-order valence-electron chi connectivity index (χ3n) is 12.5. The Labute approximate surface area is 448 Å². The van der Waals surface area contributed by atoms with Gasteiger partial charge in [-0.05, 0) is 89.9 Å². The number of allylic oxidation sites excluding steroid dienone is 16. The highest BCUT2D eigenvalue weighted by molar-refractivity contribution is 7.47. The average molecular weight is 1040 g/mol. The van der Waals surface area contributed by atoms with Gasteiger partial charge in [-0.25, -0.2) is 4.57 Å². The Bertz CT molecular complexity index is 1510. The first-order valence-corrected chi connectivity index (χ1v) is 31.2. The second-order valence-corrected chi connectivity index (χ2v) is 20.9. The normalized spacial score (nSPS) is 13.8. The van der Waals surface area contributed by atoms with Gasteiger partial charge in [-0.15, -0.1) is 0 Å². The maximum absolute atomic E-state index is 12.7. The van der Waals surface area contributed by atoms with Crippen LogP contribution < -0.4 is 5.73 Å². The number of carbonyl (C=O) groups excluding carboxylic acids is 2. The van der Waals surface area contributed by atoms with Crippen molar-refractivity contribution >= 4 is 19.8 Å². The third kappa shape index (κ3) is 58.1. The van der Waals surface area contributed by atoms with Gasteiger partial charge < -0.3 is 20.1 Å². The van der Waals surface area contributed by atoms with Crippen molar-refractivity contribution < 1.29 is 37.6 Å². The van der Waals surface area contributed by atoms with Crippen molar-refractivity contribution in [3.8, 4) is 0 Å². The number of ether oxygens (including phenoxy) is 2. The fourth-order valence-corrected chi connectivity index (χ4v) is 8.91. The number of hydrogen-bond acceptors (Lipinski definition) is 8. The highest BCUT2D eigenvalue weighted by atomic mass is 31.2. The van der Waals surface area contributed by atoms with Crippen LogP contribution in [0.5, 0.6) is 0 Å². The molecule has 0 saturated heterocycles. The van der Waals surface area contributed by atoms with Gasteiger partial charge in [0.2, 0.25) is 0 Å². The molecule has 0 aliphatic heterocycles. The van der Waals surface area contributed by atoms with Crippen LogP contribution in [0, 0.1) is 0 Å². The zero-order valence-corrected chi connectivity index (χ0v) is 47.7. The molecular formula is C63H110NO8P. The zero-order valence-electron chi connectivity index (χ0n) is 46.8. The number of nitrogens with two attached hydrogens (primary N) is 1. The van der Waals surface area contributed by atoms with Gasteiger partial charge in [0.1, 0.15) is 6.61 Å². The molecule has 420 valence electrons. The van der Waals surface area contributed by atoms with Gasteiger partial charge in [-0.2, -0.15) is 0 Å². The van der Waals surface area contributed by atoms with Crippen LogP contribution in [0.1, 0.15) is 258 Å². The van der Waals surface area contributed by atoms with Gasteiger partial charge in [0.05, 0.1) is 13.2 Å². The van der Waals surface area contributed by atoms with Crippen LogP contribution >= 0.6 is 7.82 Å². The van der Waals surface area contributed by atoms with Crippen molar-refractivity contribution in [1.29, 1.82) is 0 Å². The largest absolute Gasteiger partial charge is 0.472 e. The summed E-state index contributed by atoms with van der Waals surface area (Å²) in [6.45, 7) is 3.48. The van der Waals surface area contributed by atoms with E-state index >= 15 is 0 Å². The average Bonchev–Trinajstić information content (AvgIpc) is 3.38. The molecule has 0 aromatic heterocycles. The van der Waals surface area contributed by atoms with Gasteiger partial charge in [-0.3, -0.25) is 18.6 Å². The highest BCUT2D eigenvalue weighted by Gasteiger charge is 2.26. The molecule has 2 atom stereocenters. The summed E-state index contributed by atoms with van der Waals surface area (Å²) in [7, 11) is -4.40. The Kier molecular flexibility index (Phi) is 55.7. The van der Waals surface area contributed by atoms with Crippen molar-refractivity contribution in [2.75, 3.05) is 26.4 Å². The number of phosphoric ester groups is 1. The lowest BCUT2D eigenvalue weighted by molar-refractivity contribution is -0.161. The second-order valence-electron chi connectivity index (χ2n) is 19.5. The van der Waals surface area contributed by atoms with Crippen molar-refractivity contribution in [2.24, 2.45) is 5.73 Å². The van der Waals surface area contributed by atoms with Gasteiger partial charge in [0.15, 0.2) is 6.10 Å². The van der Waals surface area contributed by atoms with E-state index in [4.69, 9.17) is 24.3 Å². The zero-order chi connectivity index (χ0) is 53.1. The molecule has 9 nitrogen and oxygen atoms in total. The molecular weight excluding hydrogens is 930 g/mol. The van der Waals surface area contributed by atoms with Crippen LogP contribution in [0.4, 0.5) is 0 Å². The van der Waals surface area contributed by atoms with E-state index in [2.05, 4.69) is 111 Å². The third-order valence-corrected chi connectivity index (χ3v) is 13.4. The summed E-state index contributed by atoms with van der Waals surface area (Å²) in [4.78, 5) is 35.1. The first-order valence-electron chi connectivity index (χ1n) is 29.7. The van der Waals surface area contributed by atoms with Crippen LogP contribution in [0.2, 0.25) is 0 Å². The molecule has 0 aromatic rings. The molecule has 0 amide bonds. The summed E-state index contributed by atoms with van der Waals surface area (Å²) in [5.74, 6) is -0.873. The standard InChI is InChI=1S/C63H110NO8P/c1-3-5-7-9-11-13-15-17-19-20-21-22-23-24-25-26-27-28-29-30-31-32-33-34-35-36-37-38-39-40-42-44-46-48-50-52-54-56-63(66)72-61(60-71-73(67,68)70-58-57-64)59-69-62(65)55-53-51-49-47-45-43-41-18-16-14-12-10-8-6-4-2/h5-8,11-14,17-19,21-22,41,45,47,61H,3-4,9-10,15-16,20,23-40,42-44,46,48-60,64H2,1-2H3,(H,67,68)/b7-5-,8-6-,13-11-,14-12-,19-17-,22-21-,41-18-,47-45-. The van der Waals surface area contributed by atoms with Gasteiger partial charge in [0.25, 0.3) is 0 Å². The van der Waals surface area contributed by atoms with E-state index in [1.165, 1.54) is 135 Å². The molecule has 0 aliphatic carbocycles. The van der Waals surface area contributed by atoms with E-state index in [1.807, 2.05) is 0 Å². The fraction of sp³-hybridized carbons (Fsp3) is 0.714. The van der Waals surface area contributed by atoms with Gasteiger partial charge in [-0.1, -0.05) is 252 Å². The number of unbranched alkanes of at least 4 members (excludes halogenated alkanes) is 26. The van der Waals surface area contributed by atoms with Crippen molar-refractivity contribution in [3.05, 3.63) is 97.2 Å². The van der Waals surface area contributed by atoms with Crippen LogP contribution in [0.3, 0.4) is 0 Å². The minimum absolute atomic E-state index is 0.0452. The quantitative estimate of drug-likeness (QED) is 0.0264. The van der Waals surface area contributed by atoms with E-state index in [1.54, 1.807) is 0 Å². The molecule has 0 aromatic carbocycles. The molecule has 3 N–H and O–H groups in total. The SMILES string of the molecule is CC/C=C\C/C=C\C/C=C\C/C=C\CCCCCCCCCCCCCCCCCCCCCCCCCCC(=O)OC(COC(=O)CCCC/C=C\C/C=C\C/C=C\C/C=C\CC)COP(=O)(O)OCCN. The van der Waals surface area contributed by atoms with Gasteiger partial charge in [0, 0.05) is 19.4 Å². The molecule has 0 saturated carbocycles. The molecule has 0 fully saturated rings. The maximum atomic E-state index is 12.7. The van der Waals surface area contributed by atoms with E-state index in [9.17, 15) is 19.0 Å². The molecule has 0 heterocycles. The highest BCUT2D eigenvalue weighted by Crippen LogP contribution is 2.43. The predicted octanol–water partition coefficient (Wildman–Crippen LogP) is 18.8. The molecule has 0 aliphatic rings. The Morgan fingerprint density at radius 3 is 1.08 bits per heavy atom.